The minimum atomic E-state index is -2.40. The number of benzene rings is 1. The predicted molar refractivity (Wildman–Crippen MR) is 216 cm³/mol. The summed E-state index contributed by atoms with van der Waals surface area (Å²) in [5.74, 6) is -0.187. The lowest BCUT2D eigenvalue weighted by Crippen LogP contribution is -2.49. The van der Waals surface area contributed by atoms with E-state index in [1.165, 1.54) is 7.11 Å². The van der Waals surface area contributed by atoms with Crippen molar-refractivity contribution < 1.29 is 33.0 Å². The van der Waals surface area contributed by atoms with Gasteiger partial charge >= 0.3 is 5.97 Å². The number of esters is 1. The first-order chi connectivity index (χ1) is 25.8. The number of hydrogen-bond acceptors (Lipinski definition) is 8. The second kappa shape index (κ2) is 19.5. The molecule has 3 aliphatic rings. The van der Waals surface area contributed by atoms with Crippen LogP contribution < -0.4 is 4.74 Å². The Bertz CT molecular complexity index is 1580. The third-order valence-corrected chi connectivity index (χ3v) is 16.7. The molecule has 0 saturated carbocycles. The highest BCUT2D eigenvalue weighted by Crippen LogP contribution is 2.56. The third kappa shape index (κ3) is 10.3. The number of nitrogens with zero attached hydrogens (tertiary/aromatic N) is 1. The Morgan fingerprint density at radius 3 is 2.39 bits per heavy atom. The lowest BCUT2D eigenvalue weighted by atomic mass is 9.61. The molecule has 0 spiro atoms. The Hall–Kier alpha value is -3.29. The largest absolute Gasteiger partial charge is 0.497 e. The maximum absolute atomic E-state index is 14.3. The summed E-state index contributed by atoms with van der Waals surface area (Å²) in [6.45, 7) is 15.3. The van der Waals surface area contributed by atoms with Gasteiger partial charge in [0.15, 0.2) is 20.4 Å². The average molecular weight is 760 g/mol. The van der Waals surface area contributed by atoms with Crippen LogP contribution in [0.25, 0.3) is 0 Å². The molecule has 4 rings (SSSR count). The van der Waals surface area contributed by atoms with E-state index in [0.29, 0.717) is 31.3 Å². The van der Waals surface area contributed by atoms with Crippen LogP contribution in [0.5, 0.6) is 5.75 Å². The molecule has 4 bridgehead atoms. The predicted octanol–water partition coefficient (Wildman–Crippen LogP) is 10.5. The van der Waals surface area contributed by atoms with E-state index in [-0.39, 0.29) is 35.7 Å². The van der Waals surface area contributed by atoms with Crippen molar-refractivity contribution in [1.82, 2.24) is 0 Å². The molecule has 296 valence electrons. The van der Waals surface area contributed by atoms with Crippen molar-refractivity contribution in [2.24, 2.45) is 23.2 Å². The molecule has 1 saturated heterocycles. The normalized spacial score (nSPS) is 26.3. The minimum Gasteiger partial charge on any atom is -0.497 e. The molecule has 54 heavy (non-hydrogen) atoms. The van der Waals surface area contributed by atoms with Gasteiger partial charge in [0.25, 0.3) is 0 Å². The first-order valence-electron chi connectivity index (χ1n) is 20.0. The number of nitriles is 1. The van der Waals surface area contributed by atoms with Gasteiger partial charge in [-0.3, -0.25) is 4.79 Å². The summed E-state index contributed by atoms with van der Waals surface area (Å²) in [5.41, 5.74) is 1.71. The number of hydrogen-bond donors (Lipinski definition) is 0. The maximum Gasteiger partial charge on any atom is 0.333 e. The maximum atomic E-state index is 14.3. The van der Waals surface area contributed by atoms with Crippen LogP contribution in [0.4, 0.5) is 0 Å². The molecular formula is C45H65NO7Si. The molecule has 1 aromatic carbocycles. The Balaban J connectivity index is 1.90. The van der Waals surface area contributed by atoms with Crippen molar-refractivity contribution >= 4 is 20.1 Å². The van der Waals surface area contributed by atoms with Gasteiger partial charge in [-0.1, -0.05) is 82.2 Å². The fourth-order valence-electron chi connectivity index (χ4n) is 8.11. The van der Waals surface area contributed by atoms with Crippen LogP contribution in [-0.2, 0) is 28.2 Å². The second-order valence-electron chi connectivity index (χ2n) is 16.8. The standard InChI is InChI=1S/C45H65NO7Si/c1-10-12-14-15-16-18-19-33-29-37-41-40(36(33)30-39(38(47)20-17-13-11-2)53-54(8,9)44(3,4)5)35(42(48)50-7)25-26-45(37,27-28-46)31-51-43(52-41)32-21-23-34(49-6)24-22-32/h10-13,21-25,29,33,36,39-41,43H,14-20,26-27,30-31H2,1-9H3/b12-10+,13-11+/t33-,36+,39-,40-,41+,43?,45-/m1/s1. The zero-order valence-electron chi connectivity index (χ0n) is 34.3. The first-order valence-corrected chi connectivity index (χ1v) is 22.9. The van der Waals surface area contributed by atoms with Crippen LogP contribution in [0.1, 0.15) is 111 Å². The summed E-state index contributed by atoms with van der Waals surface area (Å²) in [4.78, 5) is 28.3. The van der Waals surface area contributed by atoms with E-state index in [0.717, 1.165) is 49.0 Å². The quantitative estimate of drug-likeness (QED) is 0.0631. The summed E-state index contributed by atoms with van der Waals surface area (Å²) in [5, 5.41) is 10.2. The highest BCUT2D eigenvalue weighted by Gasteiger charge is 2.55. The Morgan fingerprint density at radius 1 is 1.06 bits per heavy atom. The highest BCUT2D eigenvalue weighted by atomic mass is 28.4. The Labute approximate surface area is 326 Å². The van der Waals surface area contributed by atoms with Crippen LogP contribution in [0.15, 0.2) is 71.9 Å². The Kier molecular flexibility index (Phi) is 15.7. The van der Waals surface area contributed by atoms with Gasteiger partial charge in [-0.15, -0.1) is 0 Å². The number of ether oxygens (including phenoxy) is 4. The van der Waals surface area contributed by atoms with Gasteiger partial charge in [-0.2, -0.15) is 5.26 Å². The van der Waals surface area contributed by atoms with E-state index in [4.69, 9.17) is 23.4 Å². The molecule has 8 nitrogen and oxygen atoms in total. The number of carbonyl (C=O) groups is 2. The van der Waals surface area contributed by atoms with E-state index < -0.39 is 44.1 Å². The van der Waals surface area contributed by atoms with Crippen molar-refractivity contribution in [1.29, 1.82) is 5.26 Å². The fraction of sp³-hybridized carbons (Fsp3) is 0.622. The topological polar surface area (TPSA) is 104 Å². The number of ketones is 1. The average Bonchev–Trinajstić information content (AvgIpc) is 3.35. The van der Waals surface area contributed by atoms with Gasteiger partial charge in [0.1, 0.15) is 11.9 Å². The number of methoxy groups -OCH3 is 2. The molecule has 0 aromatic heterocycles. The van der Waals surface area contributed by atoms with Crippen LogP contribution in [-0.4, -0.2) is 53.1 Å². The zero-order chi connectivity index (χ0) is 39.5. The van der Waals surface area contributed by atoms with Gasteiger partial charge in [0, 0.05) is 35.3 Å². The van der Waals surface area contributed by atoms with E-state index in [1.54, 1.807) is 7.11 Å². The number of rotatable bonds is 18. The summed E-state index contributed by atoms with van der Waals surface area (Å²) < 4.78 is 31.7. The van der Waals surface area contributed by atoms with Gasteiger partial charge in [0.2, 0.25) is 0 Å². The summed E-state index contributed by atoms with van der Waals surface area (Å²) in [6, 6.07) is 10.1. The number of allylic oxidation sites excluding steroid dienone is 6. The van der Waals surface area contributed by atoms with E-state index >= 15 is 0 Å². The summed E-state index contributed by atoms with van der Waals surface area (Å²) in [7, 11) is 0.655. The number of Topliss-reactive ketones (excluding diaryl/α,β-unsaturated/α-hetero) is 1. The molecule has 0 N–H and O–H groups in total. The van der Waals surface area contributed by atoms with Crippen molar-refractivity contribution in [3.8, 4) is 11.8 Å². The number of unbranched alkanes of at least 4 members (excludes halogenated alkanes) is 3. The van der Waals surface area contributed by atoms with Crippen molar-refractivity contribution in [2.75, 3.05) is 20.8 Å². The molecule has 1 fully saturated rings. The smallest absolute Gasteiger partial charge is 0.333 e. The van der Waals surface area contributed by atoms with Crippen molar-refractivity contribution in [3.05, 3.63) is 77.4 Å². The molecular weight excluding hydrogens is 695 g/mol. The first kappa shape index (κ1) is 43.4. The van der Waals surface area contributed by atoms with Crippen LogP contribution in [0.3, 0.4) is 0 Å². The third-order valence-electron chi connectivity index (χ3n) is 12.3. The lowest BCUT2D eigenvalue weighted by molar-refractivity contribution is -0.174. The molecule has 1 unspecified atom stereocenters. The van der Waals surface area contributed by atoms with Gasteiger partial charge in [-0.05, 0) is 100 Å². The molecule has 1 heterocycles. The monoisotopic (exact) mass is 759 g/mol. The highest BCUT2D eigenvalue weighted by molar-refractivity contribution is 6.74. The SMILES string of the molecule is C/C=C/CCCCC[C@@H]1C=C2[C@@H]3OC(c4ccc(OC)cc4)OC[C@]2(CC#N)CC=C(C(=O)OC)[C@@H]3[C@H]1C[C@@H](O[Si](C)(C)C(C)(C)C)C(=O)CC/C=C/C. The van der Waals surface area contributed by atoms with E-state index in [9.17, 15) is 14.9 Å². The molecule has 7 atom stereocenters. The molecule has 0 radical (unpaired) electrons. The van der Waals surface area contributed by atoms with Gasteiger partial charge in [0.05, 0.1) is 33.0 Å². The zero-order valence-corrected chi connectivity index (χ0v) is 35.3. The summed E-state index contributed by atoms with van der Waals surface area (Å²) in [6.07, 6.45) is 17.9. The molecule has 2 aliphatic carbocycles. The minimum absolute atomic E-state index is 0.0159. The van der Waals surface area contributed by atoms with Crippen LogP contribution in [0.2, 0.25) is 18.1 Å². The number of carbonyl (C=O) groups excluding carboxylic acids is 2. The fourth-order valence-corrected chi connectivity index (χ4v) is 9.40. The lowest BCUT2D eigenvalue weighted by Gasteiger charge is -2.47. The van der Waals surface area contributed by atoms with Gasteiger partial charge < -0.3 is 23.4 Å². The van der Waals surface area contributed by atoms with E-state index in [1.807, 2.05) is 49.4 Å². The van der Waals surface area contributed by atoms with Crippen LogP contribution >= 0.6 is 0 Å². The summed E-state index contributed by atoms with van der Waals surface area (Å²) >= 11 is 0. The molecule has 9 heteroatoms. The van der Waals surface area contributed by atoms with E-state index in [2.05, 4.69) is 65.1 Å². The second-order valence-corrected chi connectivity index (χ2v) is 21.6. The van der Waals surface area contributed by atoms with Crippen molar-refractivity contribution in [3.63, 3.8) is 0 Å². The Morgan fingerprint density at radius 2 is 1.76 bits per heavy atom. The van der Waals surface area contributed by atoms with Crippen molar-refractivity contribution in [2.45, 2.75) is 135 Å². The van der Waals surface area contributed by atoms with Crippen LogP contribution in [0, 0.1) is 34.5 Å². The van der Waals surface area contributed by atoms with Gasteiger partial charge in [-0.25, -0.2) is 4.79 Å². The molecule has 1 aromatic rings. The molecule has 1 aliphatic heterocycles. The molecule has 0 amide bonds.